The molecule has 0 aromatic carbocycles. The maximum atomic E-state index is 5.19. The molecule has 3 aromatic rings. The maximum absolute atomic E-state index is 5.19. The fourth-order valence-corrected chi connectivity index (χ4v) is 1.95. The van der Waals surface area contributed by atoms with E-state index >= 15 is 0 Å². The van der Waals surface area contributed by atoms with Gasteiger partial charge in [0.2, 0.25) is 5.82 Å². The zero-order chi connectivity index (χ0) is 14.1. The molecule has 0 saturated carbocycles. The zero-order valence-electron chi connectivity index (χ0n) is 11.3. The van der Waals surface area contributed by atoms with Crippen molar-refractivity contribution < 1.29 is 4.52 Å². The van der Waals surface area contributed by atoms with Crippen molar-refractivity contribution in [2.24, 2.45) is 0 Å². The average Bonchev–Trinajstić information content (AvgIpc) is 3.04. The Kier molecular flexibility index (Phi) is 4.86. The van der Waals surface area contributed by atoms with Gasteiger partial charge in [-0.2, -0.15) is 9.97 Å². The minimum Gasteiger partial charge on any atom is -0.330 e. The van der Waals surface area contributed by atoms with Gasteiger partial charge in [0.05, 0.1) is 4.47 Å². The molecule has 0 aliphatic carbocycles. The summed E-state index contributed by atoms with van der Waals surface area (Å²) >= 11 is 3.33. The van der Waals surface area contributed by atoms with E-state index in [-0.39, 0.29) is 18.4 Å². The molecule has 10 heteroatoms. The summed E-state index contributed by atoms with van der Waals surface area (Å²) in [5.41, 5.74) is 0. The molecule has 0 radical (unpaired) electrons. The van der Waals surface area contributed by atoms with Crippen molar-refractivity contribution in [1.29, 1.82) is 0 Å². The third-order valence-corrected chi connectivity index (χ3v) is 3.21. The van der Waals surface area contributed by atoms with E-state index in [1.54, 1.807) is 16.9 Å². The first kappa shape index (κ1) is 15.8. The summed E-state index contributed by atoms with van der Waals surface area (Å²) in [6, 6.07) is 0.270. The fraction of sp³-hybridized carbons (Fsp3) is 0.364. The average molecular weight is 375 g/mol. The lowest BCUT2D eigenvalue weighted by Gasteiger charge is -2.04. The molecule has 0 bridgehead atoms. The van der Waals surface area contributed by atoms with Gasteiger partial charge in [0.25, 0.3) is 11.7 Å². The molecule has 0 saturated heterocycles. The molecule has 1 N–H and O–H groups in total. The second kappa shape index (κ2) is 6.46. The minimum atomic E-state index is 0. The van der Waals surface area contributed by atoms with Gasteiger partial charge in [-0.15, -0.1) is 17.5 Å². The molecule has 3 heterocycles. The normalized spacial score (nSPS) is 12.3. The van der Waals surface area contributed by atoms with Crippen LogP contribution in [0.3, 0.4) is 0 Å². The summed E-state index contributed by atoms with van der Waals surface area (Å²) in [6.07, 6.45) is 4.10. The summed E-state index contributed by atoms with van der Waals surface area (Å²) in [6.45, 7) is 2.04. The van der Waals surface area contributed by atoms with Gasteiger partial charge >= 0.3 is 0 Å². The van der Waals surface area contributed by atoms with E-state index in [2.05, 4.69) is 46.5 Å². The largest absolute Gasteiger partial charge is 0.330 e. The van der Waals surface area contributed by atoms with Crippen LogP contribution in [0.2, 0.25) is 0 Å². The SMILES string of the molecule is CNC(C)Cc1noc(-c2nc3ncc(Br)cn3n2)n1.Cl. The van der Waals surface area contributed by atoms with E-state index in [9.17, 15) is 0 Å². The van der Waals surface area contributed by atoms with Crippen LogP contribution < -0.4 is 5.32 Å². The highest BCUT2D eigenvalue weighted by Gasteiger charge is 2.16. The van der Waals surface area contributed by atoms with Crippen LogP contribution in [0.4, 0.5) is 0 Å². The number of halogens is 2. The van der Waals surface area contributed by atoms with Crippen LogP contribution in [-0.4, -0.2) is 42.8 Å². The van der Waals surface area contributed by atoms with E-state index in [4.69, 9.17) is 4.52 Å². The third kappa shape index (κ3) is 3.36. The molecule has 3 aromatic heterocycles. The fourth-order valence-electron chi connectivity index (χ4n) is 1.65. The van der Waals surface area contributed by atoms with Crippen LogP contribution in [0.15, 0.2) is 21.4 Å². The molecule has 0 aliphatic rings. The second-order valence-electron chi connectivity index (χ2n) is 4.36. The third-order valence-electron chi connectivity index (χ3n) is 2.80. The van der Waals surface area contributed by atoms with E-state index in [0.717, 1.165) is 4.47 Å². The number of aromatic nitrogens is 6. The first-order chi connectivity index (χ1) is 9.65. The Morgan fingerprint density at radius 1 is 1.43 bits per heavy atom. The Balaban J connectivity index is 0.00000161. The topological polar surface area (TPSA) is 94.0 Å². The molecule has 0 aliphatic heterocycles. The summed E-state index contributed by atoms with van der Waals surface area (Å²) < 4.78 is 7.56. The molecule has 112 valence electrons. The van der Waals surface area contributed by atoms with Gasteiger partial charge in [0, 0.05) is 24.9 Å². The Morgan fingerprint density at radius 2 is 2.24 bits per heavy atom. The highest BCUT2D eigenvalue weighted by atomic mass is 79.9. The Morgan fingerprint density at radius 3 is 3.00 bits per heavy atom. The highest BCUT2D eigenvalue weighted by molar-refractivity contribution is 9.10. The molecule has 1 atom stereocenters. The number of nitrogens with zero attached hydrogens (tertiary/aromatic N) is 6. The Bertz CT molecular complexity index is 743. The lowest BCUT2D eigenvalue weighted by molar-refractivity contribution is 0.416. The van der Waals surface area contributed by atoms with Gasteiger partial charge in [-0.1, -0.05) is 5.16 Å². The minimum absolute atomic E-state index is 0. The lowest BCUT2D eigenvalue weighted by Crippen LogP contribution is -2.24. The van der Waals surface area contributed by atoms with Crippen LogP contribution in [0, 0.1) is 0 Å². The molecule has 1 unspecified atom stereocenters. The predicted octanol–water partition coefficient (Wildman–Crippen LogP) is 1.51. The van der Waals surface area contributed by atoms with Crippen LogP contribution >= 0.6 is 28.3 Å². The highest BCUT2D eigenvalue weighted by Crippen LogP contribution is 2.15. The summed E-state index contributed by atoms with van der Waals surface area (Å²) in [4.78, 5) is 12.7. The molecule has 0 fully saturated rings. The van der Waals surface area contributed by atoms with Crippen molar-refractivity contribution in [3.8, 4) is 11.7 Å². The number of hydrogen-bond acceptors (Lipinski definition) is 7. The summed E-state index contributed by atoms with van der Waals surface area (Å²) in [7, 11) is 1.89. The van der Waals surface area contributed by atoms with Gasteiger partial charge in [0.1, 0.15) is 0 Å². The smallest absolute Gasteiger partial charge is 0.297 e. The van der Waals surface area contributed by atoms with Crippen molar-refractivity contribution in [1.82, 2.24) is 35.0 Å². The monoisotopic (exact) mass is 373 g/mol. The molecular formula is C11H13BrClN7O. The van der Waals surface area contributed by atoms with Crippen molar-refractivity contribution >= 4 is 34.1 Å². The van der Waals surface area contributed by atoms with Gasteiger partial charge in [0.15, 0.2) is 5.82 Å². The number of rotatable bonds is 4. The number of likely N-dealkylation sites (N-methyl/N-ethyl adjacent to an activating group) is 1. The second-order valence-corrected chi connectivity index (χ2v) is 5.28. The van der Waals surface area contributed by atoms with Gasteiger partial charge in [-0.25, -0.2) is 9.50 Å². The van der Waals surface area contributed by atoms with Crippen molar-refractivity contribution in [2.75, 3.05) is 7.05 Å². The first-order valence-electron chi connectivity index (χ1n) is 6.04. The van der Waals surface area contributed by atoms with Crippen LogP contribution in [0.1, 0.15) is 12.7 Å². The number of nitrogens with one attached hydrogen (secondary N) is 1. The zero-order valence-corrected chi connectivity index (χ0v) is 13.7. The molecule has 3 rings (SSSR count). The molecule has 0 amide bonds. The summed E-state index contributed by atoms with van der Waals surface area (Å²) in [5, 5.41) is 11.3. The Labute approximate surface area is 134 Å². The van der Waals surface area contributed by atoms with Gasteiger partial charge in [-0.3, -0.25) is 0 Å². The van der Waals surface area contributed by atoms with Crippen molar-refractivity contribution in [3.05, 3.63) is 22.7 Å². The lowest BCUT2D eigenvalue weighted by atomic mass is 10.2. The van der Waals surface area contributed by atoms with Crippen molar-refractivity contribution in [2.45, 2.75) is 19.4 Å². The summed E-state index contributed by atoms with van der Waals surface area (Å²) in [5.74, 6) is 1.76. The maximum Gasteiger partial charge on any atom is 0.297 e. The molecule has 21 heavy (non-hydrogen) atoms. The quantitative estimate of drug-likeness (QED) is 0.739. The first-order valence-corrected chi connectivity index (χ1v) is 6.83. The predicted molar refractivity (Wildman–Crippen MR) is 81.2 cm³/mol. The molecule has 8 nitrogen and oxygen atoms in total. The molecule has 0 spiro atoms. The van der Waals surface area contributed by atoms with Gasteiger partial charge < -0.3 is 9.84 Å². The van der Waals surface area contributed by atoms with Crippen LogP contribution in [0.25, 0.3) is 17.5 Å². The van der Waals surface area contributed by atoms with E-state index in [1.165, 1.54) is 0 Å². The molecular weight excluding hydrogens is 362 g/mol. The standard InChI is InChI=1S/C11H12BrN7O.ClH/c1-6(13-2)3-8-15-10(20-18-8)9-16-11-14-4-7(12)5-19(11)17-9;/h4-6,13H,3H2,1-2H3;1H. The van der Waals surface area contributed by atoms with E-state index in [0.29, 0.717) is 29.7 Å². The number of fused-ring (bicyclic) bond motifs is 1. The van der Waals surface area contributed by atoms with Crippen molar-refractivity contribution in [3.63, 3.8) is 0 Å². The van der Waals surface area contributed by atoms with E-state index < -0.39 is 0 Å². The van der Waals surface area contributed by atoms with Gasteiger partial charge in [-0.05, 0) is 29.9 Å². The van der Waals surface area contributed by atoms with Crippen LogP contribution in [-0.2, 0) is 6.42 Å². The van der Waals surface area contributed by atoms with Crippen LogP contribution in [0.5, 0.6) is 0 Å². The number of hydrogen-bond donors (Lipinski definition) is 1. The van der Waals surface area contributed by atoms with E-state index in [1.807, 2.05) is 14.0 Å². The Hall–Kier alpha value is -1.58.